The molecular weight excluding hydrogens is 594 g/mol. The zero-order chi connectivity index (χ0) is 33.4. The topological polar surface area (TPSA) is 106 Å². The quantitative estimate of drug-likeness (QED) is 0.115. The van der Waals surface area contributed by atoms with Crippen LogP contribution in [0.2, 0.25) is 0 Å². The van der Waals surface area contributed by atoms with E-state index in [1.807, 2.05) is 13.1 Å². The number of unbranched alkanes of at least 4 members (excludes halogenated alkanes) is 14. The minimum absolute atomic E-state index is 0.0257. The van der Waals surface area contributed by atoms with E-state index in [2.05, 4.69) is 11.8 Å². The Morgan fingerprint density at radius 3 is 2.23 bits per heavy atom. The second-order valence-electron chi connectivity index (χ2n) is 14.7. The van der Waals surface area contributed by atoms with Crippen LogP contribution in [0.25, 0.3) is 0 Å². The maximum atomic E-state index is 13.2. The van der Waals surface area contributed by atoms with Gasteiger partial charge in [0.25, 0.3) is 0 Å². The van der Waals surface area contributed by atoms with Crippen LogP contribution in [-0.4, -0.2) is 64.5 Å². The van der Waals surface area contributed by atoms with Gasteiger partial charge in [0.1, 0.15) is 5.76 Å². The van der Waals surface area contributed by atoms with Crippen LogP contribution in [-0.2, 0) is 30.9 Å². The molecule has 1 aromatic carbocycles. The number of aromatic hydroxyl groups is 1. The third-order valence-electron chi connectivity index (χ3n) is 11.4. The average molecular weight is 654 g/mol. The Morgan fingerprint density at radius 2 is 1.60 bits per heavy atom. The predicted octanol–water partition coefficient (Wildman–Crippen LogP) is 7.80. The highest BCUT2D eigenvalue weighted by atomic mass is 16.6. The number of hydrogen-bond donors (Lipinski definition) is 2. The fourth-order valence-corrected chi connectivity index (χ4v) is 8.84. The van der Waals surface area contributed by atoms with Crippen molar-refractivity contribution in [3.63, 3.8) is 0 Å². The van der Waals surface area contributed by atoms with Crippen LogP contribution in [0.15, 0.2) is 24.0 Å². The van der Waals surface area contributed by atoms with Crippen molar-refractivity contribution in [3.8, 4) is 11.5 Å². The van der Waals surface area contributed by atoms with Crippen LogP contribution in [0.5, 0.6) is 11.5 Å². The molecule has 1 saturated heterocycles. The van der Waals surface area contributed by atoms with Crippen LogP contribution in [0.3, 0.4) is 0 Å². The van der Waals surface area contributed by atoms with Crippen molar-refractivity contribution < 1.29 is 34.0 Å². The number of esters is 2. The number of phenols is 1. The van der Waals surface area contributed by atoms with Crippen molar-refractivity contribution in [1.82, 2.24) is 4.90 Å². The van der Waals surface area contributed by atoms with E-state index in [0.717, 1.165) is 43.4 Å². The summed E-state index contributed by atoms with van der Waals surface area (Å²) in [4.78, 5) is 28.0. The van der Waals surface area contributed by atoms with Crippen LogP contribution >= 0.6 is 0 Å². The van der Waals surface area contributed by atoms with Gasteiger partial charge < -0.3 is 29.3 Å². The molecule has 8 heteroatoms. The minimum Gasteiger partial charge on any atom is -0.504 e. The fraction of sp³-hybridized carbons (Fsp3) is 0.744. The molecule has 0 amide bonds. The molecule has 2 heterocycles. The lowest BCUT2D eigenvalue weighted by atomic mass is 9.52. The van der Waals surface area contributed by atoms with Crippen LogP contribution in [0.1, 0.15) is 147 Å². The first kappa shape index (κ1) is 35.7. The molecule has 262 valence electrons. The molecular formula is C39H59NO7. The molecule has 1 spiro atoms. The van der Waals surface area contributed by atoms with Gasteiger partial charge in [0, 0.05) is 24.4 Å². The van der Waals surface area contributed by atoms with E-state index >= 15 is 0 Å². The highest BCUT2D eigenvalue weighted by Gasteiger charge is 2.71. The zero-order valence-corrected chi connectivity index (χ0v) is 29.2. The van der Waals surface area contributed by atoms with Crippen molar-refractivity contribution in [2.24, 2.45) is 0 Å². The third kappa shape index (κ3) is 7.54. The number of rotatable bonds is 19. The number of carbonyl (C=O) groups is 2. The molecule has 0 aromatic heterocycles. The molecule has 5 atom stereocenters. The van der Waals surface area contributed by atoms with Crippen LogP contribution in [0, 0.1) is 0 Å². The minimum atomic E-state index is -1.14. The first-order valence-corrected chi connectivity index (χ1v) is 18.8. The molecule has 4 aliphatic rings. The van der Waals surface area contributed by atoms with E-state index in [0.29, 0.717) is 30.8 Å². The lowest BCUT2D eigenvalue weighted by molar-refractivity contribution is -0.168. The standard InChI is InChI=1S/C39H59NO7/c1-4-5-6-7-8-9-10-11-12-13-14-15-16-17-18-20-33(42)45-28(2)37(43)46-31-23-25-39(44)32-27-29-21-22-30(41)35-34(29)38(39,36(31)47-35)24-19-26-40(32)3/h21-23,28,32,36,41,44H,4-20,24-27H2,1-3H3/t28-,32+,36-,38-,39+/m0/s1. The first-order valence-electron chi connectivity index (χ1n) is 18.8. The van der Waals surface area contributed by atoms with Crippen molar-refractivity contribution in [3.05, 3.63) is 35.1 Å². The Hall–Kier alpha value is -2.58. The number of aliphatic hydroxyl groups is 1. The van der Waals surface area contributed by atoms with Crippen LogP contribution in [0.4, 0.5) is 0 Å². The summed E-state index contributed by atoms with van der Waals surface area (Å²) in [5.41, 5.74) is -0.0865. The molecule has 1 fully saturated rings. The molecule has 2 N–H and O–H groups in total. The maximum absolute atomic E-state index is 13.2. The summed E-state index contributed by atoms with van der Waals surface area (Å²) in [5.74, 6) is -0.337. The van der Waals surface area contributed by atoms with E-state index < -0.39 is 35.2 Å². The Kier molecular flexibility index (Phi) is 12.3. The molecule has 2 aliphatic carbocycles. The first-order chi connectivity index (χ1) is 22.7. The van der Waals surface area contributed by atoms with E-state index in [1.165, 1.54) is 84.0 Å². The number of phenolic OH excluding ortho intramolecular Hbond substituents is 1. The van der Waals surface area contributed by atoms with Crippen molar-refractivity contribution >= 4 is 11.9 Å². The van der Waals surface area contributed by atoms with Gasteiger partial charge in [-0.3, -0.25) is 4.79 Å². The molecule has 0 unspecified atom stereocenters. The fourth-order valence-electron chi connectivity index (χ4n) is 8.84. The number of likely N-dealkylation sites (tertiary alicyclic amines) is 1. The summed E-state index contributed by atoms with van der Waals surface area (Å²) in [6, 6.07) is 3.44. The summed E-state index contributed by atoms with van der Waals surface area (Å²) in [6.07, 6.45) is 21.5. The van der Waals surface area contributed by atoms with Gasteiger partial charge in [0.2, 0.25) is 0 Å². The Bertz CT molecular complexity index is 1260. The maximum Gasteiger partial charge on any atom is 0.352 e. The van der Waals surface area contributed by atoms with Gasteiger partial charge in [-0.15, -0.1) is 0 Å². The van der Waals surface area contributed by atoms with E-state index in [1.54, 1.807) is 12.1 Å². The zero-order valence-electron chi connectivity index (χ0n) is 29.2. The highest BCUT2D eigenvalue weighted by Crippen LogP contribution is 2.64. The molecule has 8 nitrogen and oxygen atoms in total. The Morgan fingerprint density at radius 1 is 0.979 bits per heavy atom. The summed E-state index contributed by atoms with van der Waals surface area (Å²) < 4.78 is 17.8. The molecule has 1 aromatic rings. The van der Waals surface area contributed by atoms with Gasteiger partial charge in [0.15, 0.2) is 23.7 Å². The second kappa shape index (κ2) is 16.2. The molecule has 47 heavy (non-hydrogen) atoms. The van der Waals surface area contributed by atoms with E-state index in [9.17, 15) is 19.8 Å². The molecule has 0 radical (unpaired) electrons. The van der Waals surface area contributed by atoms with Gasteiger partial charge in [-0.25, -0.2) is 4.79 Å². The highest BCUT2D eigenvalue weighted by molar-refractivity contribution is 5.80. The van der Waals surface area contributed by atoms with Gasteiger partial charge in [0.05, 0.1) is 11.0 Å². The lowest BCUT2D eigenvalue weighted by Crippen LogP contribution is -2.69. The summed E-state index contributed by atoms with van der Waals surface area (Å²) in [6.45, 7) is 4.63. The number of hydrogen-bond acceptors (Lipinski definition) is 8. The van der Waals surface area contributed by atoms with Crippen molar-refractivity contribution in [1.29, 1.82) is 0 Å². The average Bonchev–Trinajstić information content (AvgIpc) is 3.39. The normalized spacial score (nSPS) is 26.5. The number of benzene rings is 1. The summed E-state index contributed by atoms with van der Waals surface area (Å²) in [5, 5.41) is 23.2. The number of ether oxygens (including phenoxy) is 3. The van der Waals surface area contributed by atoms with Crippen LogP contribution < -0.4 is 4.74 Å². The smallest absolute Gasteiger partial charge is 0.352 e. The lowest BCUT2D eigenvalue weighted by Gasteiger charge is -2.56. The predicted molar refractivity (Wildman–Crippen MR) is 182 cm³/mol. The van der Waals surface area contributed by atoms with Crippen molar-refractivity contribution in [2.75, 3.05) is 13.6 Å². The van der Waals surface area contributed by atoms with Gasteiger partial charge in [-0.05, 0) is 63.9 Å². The summed E-state index contributed by atoms with van der Waals surface area (Å²) >= 11 is 0. The van der Waals surface area contributed by atoms with Gasteiger partial charge in [-0.2, -0.15) is 0 Å². The molecule has 2 aliphatic heterocycles. The largest absolute Gasteiger partial charge is 0.504 e. The Labute approximate surface area is 282 Å². The second-order valence-corrected chi connectivity index (χ2v) is 14.7. The number of nitrogens with zero attached hydrogens (tertiary/aromatic N) is 1. The Balaban J connectivity index is 1.04. The monoisotopic (exact) mass is 653 g/mol. The van der Waals surface area contributed by atoms with Crippen molar-refractivity contribution in [2.45, 2.75) is 172 Å². The summed E-state index contributed by atoms with van der Waals surface area (Å²) in [7, 11) is 2.05. The molecule has 0 saturated carbocycles. The SMILES string of the molecule is CCCCCCCCCCCCCCCCCC(=O)O[C@@H](C)C(=O)OC1=CC[C@@]2(O)[C@H]3Cc4ccc(O)c5c4[C@@]2(CCCN3C)[C@H]1O5. The van der Waals surface area contributed by atoms with Gasteiger partial charge >= 0.3 is 11.9 Å². The third-order valence-corrected chi connectivity index (χ3v) is 11.4. The van der Waals surface area contributed by atoms with E-state index in [4.69, 9.17) is 14.2 Å². The van der Waals surface area contributed by atoms with E-state index in [-0.39, 0.29) is 18.2 Å². The van der Waals surface area contributed by atoms with Gasteiger partial charge in [-0.1, -0.05) is 103 Å². The molecule has 5 rings (SSSR count). The number of likely N-dealkylation sites (N-methyl/N-ethyl adjacent to an activating group) is 1. The molecule has 2 bridgehead atoms. The number of carbonyl (C=O) groups excluding carboxylic acids is 2.